The van der Waals surface area contributed by atoms with Crippen molar-refractivity contribution in [1.82, 2.24) is 5.32 Å². The van der Waals surface area contributed by atoms with E-state index in [0.717, 1.165) is 18.4 Å². The van der Waals surface area contributed by atoms with Gasteiger partial charge in [-0.15, -0.1) is 12.4 Å². The molecule has 2 saturated heterocycles. The monoisotopic (exact) mass is 205 g/mol. The van der Waals surface area contributed by atoms with Gasteiger partial charge in [-0.3, -0.25) is 0 Å². The van der Waals surface area contributed by atoms with E-state index in [1.807, 2.05) is 13.8 Å². The zero-order chi connectivity index (χ0) is 8.77. The van der Waals surface area contributed by atoms with Crippen LogP contribution in [0.15, 0.2) is 0 Å². The number of fused-ring (bicyclic) bond motifs is 2. The largest absolute Gasteiger partial charge is 0.390 e. The van der Waals surface area contributed by atoms with Gasteiger partial charge in [0.05, 0.1) is 5.60 Å². The molecule has 3 atom stereocenters. The molecule has 3 heteroatoms. The van der Waals surface area contributed by atoms with Crippen LogP contribution in [0.3, 0.4) is 0 Å². The van der Waals surface area contributed by atoms with Crippen LogP contribution in [0.25, 0.3) is 0 Å². The molecule has 2 fully saturated rings. The van der Waals surface area contributed by atoms with Crippen LogP contribution in [0, 0.1) is 5.92 Å². The lowest BCUT2D eigenvalue weighted by Crippen LogP contribution is -2.30. The Morgan fingerprint density at radius 1 is 1.38 bits per heavy atom. The second-order valence-electron chi connectivity index (χ2n) is 5.06. The SMILES string of the molecule is CC(C)(O)C[C@H]1C[C@H]2CC[C@@H]1N2.Cl. The van der Waals surface area contributed by atoms with Crippen molar-refractivity contribution in [3.63, 3.8) is 0 Å². The van der Waals surface area contributed by atoms with Gasteiger partial charge in [-0.05, 0) is 45.4 Å². The summed E-state index contributed by atoms with van der Waals surface area (Å²) in [5.74, 6) is 0.726. The van der Waals surface area contributed by atoms with E-state index >= 15 is 0 Å². The summed E-state index contributed by atoms with van der Waals surface area (Å²) in [5.41, 5.74) is -0.475. The molecular weight excluding hydrogens is 186 g/mol. The van der Waals surface area contributed by atoms with Gasteiger partial charge in [0.25, 0.3) is 0 Å². The molecule has 0 aromatic heterocycles. The third-order valence-corrected chi connectivity index (χ3v) is 3.19. The van der Waals surface area contributed by atoms with Crippen molar-refractivity contribution in [2.45, 2.75) is 57.2 Å². The molecule has 2 nitrogen and oxygen atoms in total. The molecule has 2 rings (SSSR count). The van der Waals surface area contributed by atoms with Crippen LogP contribution in [-0.2, 0) is 0 Å². The number of hydrogen-bond acceptors (Lipinski definition) is 2. The molecule has 2 bridgehead atoms. The topological polar surface area (TPSA) is 32.3 Å². The summed E-state index contributed by atoms with van der Waals surface area (Å²) in [6, 6.07) is 1.48. The first-order chi connectivity index (χ1) is 5.54. The van der Waals surface area contributed by atoms with Gasteiger partial charge in [0.2, 0.25) is 0 Å². The van der Waals surface area contributed by atoms with Gasteiger partial charge in [-0.1, -0.05) is 0 Å². The van der Waals surface area contributed by atoms with E-state index in [2.05, 4.69) is 5.32 Å². The highest BCUT2D eigenvalue weighted by Crippen LogP contribution is 2.37. The second-order valence-corrected chi connectivity index (χ2v) is 5.06. The zero-order valence-corrected chi connectivity index (χ0v) is 9.23. The maximum Gasteiger partial charge on any atom is 0.0595 e. The molecule has 0 aromatic carbocycles. The molecule has 2 aliphatic rings. The van der Waals surface area contributed by atoms with Crippen molar-refractivity contribution in [3.05, 3.63) is 0 Å². The summed E-state index contributed by atoms with van der Waals surface area (Å²) in [6.07, 6.45) is 4.92. The standard InChI is InChI=1S/C10H19NO.ClH/c1-10(2,12)6-7-5-8-3-4-9(7)11-8;/h7-9,11-12H,3-6H2,1-2H3;1H/t7-,8-,9+;/m1./s1. The number of nitrogens with one attached hydrogen (secondary N) is 1. The Morgan fingerprint density at radius 3 is 2.46 bits per heavy atom. The Kier molecular flexibility index (Phi) is 3.26. The predicted octanol–water partition coefficient (Wildman–Crippen LogP) is 1.71. The highest BCUT2D eigenvalue weighted by atomic mass is 35.5. The van der Waals surface area contributed by atoms with Crippen molar-refractivity contribution < 1.29 is 5.11 Å². The Hall–Kier alpha value is 0.210. The van der Waals surface area contributed by atoms with Gasteiger partial charge in [-0.25, -0.2) is 0 Å². The minimum absolute atomic E-state index is 0. The van der Waals surface area contributed by atoms with Gasteiger partial charge < -0.3 is 10.4 Å². The van der Waals surface area contributed by atoms with E-state index in [1.165, 1.54) is 19.3 Å². The van der Waals surface area contributed by atoms with Crippen LogP contribution in [-0.4, -0.2) is 22.8 Å². The van der Waals surface area contributed by atoms with Gasteiger partial charge >= 0.3 is 0 Å². The van der Waals surface area contributed by atoms with Crippen molar-refractivity contribution in [2.24, 2.45) is 5.92 Å². The maximum absolute atomic E-state index is 9.68. The van der Waals surface area contributed by atoms with Crippen LogP contribution >= 0.6 is 12.4 Å². The van der Waals surface area contributed by atoms with E-state index < -0.39 is 5.60 Å². The Labute approximate surface area is 86.5 Å². The molecule has 13 heavy (non-hydrogen) atoms. The van der Waals surface area contributed by atoms with Gasteiger partial charge in [0.15, 0.2) is 0 Å². The van der Waals surface area contributed by atoms with E-state index in [9.17, 15) is 5.11 Å². The van der Waals surface area contributed by atoms with Gasteiger partial charge in [0.1, 0.15) is 0 Å². The van der Waals surface area contributed by atoms with Gasteiger partial charge in [-0.2, -0.15) is 0 Å². The summed E-state index contributed by atoms with van der Waals surface area (Å²) in [4.78, 5) is 0. The van der Waals surface area contributed by atoms with E-state index in [-0.39, 0.29) is 12.4 Å². The minimum Gasteiger partial charge on any atom is -0.390 e. The first-order valence-electron chi connectivity index (χ1n) is 5.03. The van der Waals surface area contributed by atoms with Crippen LogP contribution in [0.4, 0.5) is 0 Å². The van der Waals surface area contributed by atoms with Crippen LogP contribution in [0.5, 0.6) is 0 Å². The van der Waals surface area contributed by atoms with Crippen molar-refractivity contribution in [1.29, 1.82) is 0 Å². The molecule has 2 N–H and O–H groups in total. The minimum atomic E-state index is -0.475. The van der Waals surface area contributed by atoms with Crippen LogP contribution in [0.1, 0.15) is 39.5 Å². The van der Waals surface area contributed by atoms with E-state index in [0.29, 0.717) is 6.04 Å². The quantitative estimate of drug-likeness (QED) is 0.720. The summed E-state index contributed by atoms with van der Waals surface area (Å²) in [5, 5.41) is 13.3. The molecule has 2 aliphatic heterocycles. The van der Waals surface area contributed by atoms with Crippen LogP contribution in [0.2, 0.25) is 0 Å². The third-order valence-electron chi connectivity index (χ3n) is 3.19. The fraction of sp³-hybridized carbons (Fsp3) is 1.00. The summed E-state index contributed by atoms with van der Waals surface area (Å²) < 4.78 is 0. The van der Waals surface area contributed by atoms with Crippen LogP contribution < -0.4 is 5.32 Å². The molecule has 0 aromatic rings. The molecule has 0 spiro atoms. The lowest BCUT2D eigenvalue weighted by Gasteiger charge is -2.26. The fourth-order valence-corrected chi connectivity index (χ4v) is 2.80. The zero-order valence-electron chi connectivity index (χ0n) is 8.42. The molecular formula is C10H20ClNO. The van der Waals surface area contributed by atoms with Crippen molar-refractivity contribution in [3.8, 4) is 0 Å². The Morgan fingerprint density at radius 2 is 2.08 bits per heavy atom. The molecule has 0 unspecified atom stereocenters. The Balaban J connectivity index is 0.000000845. The molecule has 0 saturated carbocycles. The van der Waals surface area contributed by atoms with E-state index in [1.54, 1.807) is 0 Å². The lowest BCUT2D eigenvalue weighted by atomic mass is 9.82. The maximum atomic E-state index is 9.68. The number of halogens is 1. The molecule has 2 heterocycles. The predicted molar refractivity (Wildman–Crippen MR) is 56.2 cm³/mol. The Bertz CT molecular complexity index is 178. The van der Waals surface area contributed by atoms with Crippen molar-refractivity contribution >= 4 is 12.4 Å². The number of rotatable bonds is 2. The molecule has 78 valence electrons. The summed E-state index contributed by atoms with van der Waals surface area (Å²) in [6.45, 7) is 3.83. The first kappa shape index (κ1) is 11.3. The molecule has 0 radical (unpaired) electrons. The average Bonchev–Trinajstić information content (AvgIpc) is 2.42. The number of aliphatic hydroxyl groups is 1. The lowest BCUT2D eigenvalue weighted by molar-refractivity contribution is 0.0482. The second kappa shape index (κ2) is 3.76. The molecule has 0 aliphatic carbocycles. The first-order valence-corrected chi connectivity index (χ1v) is 5.03. The number of hydrogen-bond donors (Lipinski definition) is 2. The fourth-order valence-electron chi connectivity index (χ4n) is 2.80. The van der Waals surface area contributed by atoms with Gasteiger partial charge in [0, 0.05) is 12.1 Å². The highest BCUT2D eigenvalue weighted by molar-refractivity contribution is 5.85. The molecule has 0 amide bonds. The van der Waals surface area contributed by atoms with Crippen molar-refractivity contribution in [2.75, 3.05) is 0 Å². The summed E-state index contributed by atoms with van der Waals surface area (Å²) in [7, 11) is 0. The smallest absolute Gasteiger partial charge is 0.0595 e. The normalized spacial score (nSPS) is 37.6. The highest BCUT2D eigenvalue weighted by Gasteiger charge is 2.40. The average molecular weight is 206 g/mol. The third kappa shape index (κ3) is 2.58. The summed E-state index contributed by atoms with van der Waals surface area (Å²) >= 11 is 0. The van der Waals surface area contributed by atoms with E-state index in [4.69, 9.17) is 0 Å².